The zero-order valence-electron chi connectivity index (χ0n) is 11.9. The second-order valence-electron chi connectivity index (χ2n) is 5.59. The Bertz CT molecular complexity index is 600. The minimum atomic E-state index is 0.440. The maximum absolute atomic E-state index is 6.22. The Kier molecular flexibility index (Phi) is 4.32. The Hall–Kier alpha value is -1.71. The highest BCUT2D eigenvalue weighted by Crippen LogP contribution is 2.26. The van der Waals surface area contributed by atoms with Gasteiger partial charge in [-0.2, -0.15) is 0 Å². The van der Waals surface area contributed by atoms with E-state index in [0.717, 1.165) is 31.7 Å². The fourth-order valence-corrected chi connectivity index (χ4v) is 3.05. The summed E-state index contributed by atoms with van der Waals surface area (Å²) in [4.78, 5) is 2.47. The third-order valence-electron chi connectivity index (χ3n) is 3.87. The maximum Gasteiger partial charge on any atom is 0.0658 e. The average molecular weight is 302 g/mol. The summed E-state index contributed by atoms with van der Waals surface area (Å²) < 4.78 is 0. The van der Waals surface area contributed by atoms with Crippen molar-refractivity contribution in [3.05, 3.63) is 59.1 Å². The first kappa shape index (κ1) is 14.2. The van der Waals surface area contributed by atoms with Crippen LogP contribution in [0.5, 0.6) is 0 Å². The molecule has 1 atom stereocenters. The van der Waals surface area contributed by atoms with Gasteiger partial charge in [-0.25, -0.2) is 0 Å². The number of anilines is 2. The van der Waals surface area contributed by atoms with Crippen molar-refractivity contribution < 1.29 is 0 Å². The number of nitrogens with one attached hydrogen (secondary N) is 1. The van der Waals surface area contributed by atoms with E-state index < -0.39 is 0 Å². The molecule has 0 radical (unpaired) electrons. The molecule has 3 N–H and O–H groups in total. The number of likely N-dealkylation sites (tertiary alicyclic amines) is 1. The van der Waals surface area contributed by atoms with Crippen molar-refractivity contribution in [3.63, 3.8) is 0 Å². The zero-order chi connectivity index (χ0) is 14.7. The second kappa shape index (κ2) is 6.37. The molecule has 1 fully saturated rings. The van der Waals surface area contributed by atoms with Crippen molar-refractivity contribution in [2.45, 2.75) is 19.0 Å². The largest absolute Gasteiger partial charge is 0.399 e. The van der Waals surface area contributed by atoms with Crippen LogP contribution in [-0.4, -0.2) is 24.0 Å². The van der Waals surface area contributed by atoms with Crippen LogP contribution in [0.3, 0.4) is 0 Å². The monoisotopic (exact) mass is 301 g/mol. The molecule has 110 valence electrons. The van der Waals surface area contributed by atoms with E-state index >= 15 is 0 Å². The zero-order valence-corrected chi connectivity index (χ0v) is 12.7. The van der Waals surface area contributed by atoms with E-state index in [9.17, 15) is 0 Å². The predicted octanol–water partition coefficient (Wildman–Crippen LogP) is 3.61. The van der Waals surface area contributed by atoms with Crippen molar-refractivity contribution in [2.75, 3.05) is 24.1 Å². The van der Waals surface area contributed by atoms with E-state index in [1.165, 1.54) is 5.56 Å². The van der Waals surface area contributed by atoms with E-state index in [0.29, 0.717) is 16.8 Å². The molecule has 1 aliphatic heterocycles. The number of benzene rings is 2. The highest BCUT2D eigenvalue weighted by Gasteiger charge is 2.22. The molecule has 1 heterocycles. The first-order valence-corrected chi connectivity index (χ1v) is 7.66. The lowest BCUT2D eigenvalue weighted by Gasteiger charge is -2.18. The van der Waals surface area contributed by atoms with Crippen LogP contribution in [0.25, 0.3) is 0 Å². The van der Waals surface area contributed by atoms with Crippen LogP contribution in [0.4, 0.5) is 11.4 Å². The van der Waals surface area contributed by atoms with Gasteiger partial charge in [-0.15, -0.1) is 0 Å². The standard InChI is InChI=1S/C17H20ClN3/c18-16-10-14(19)6-7-17(16)20-15-8-9-21(12-15)11-13-4-2-1-3-5-13/h1-7,10,15,20H,8-9,11-12,19H2. The lowest BCUT2D eigenvalue weighted by molar-refractivity contribution is 0.328. The van der Waals surface area contributed by atoms with Crippen molar-refractivity contribution in [3.8, 4) is 0 Å². The summed E-state index contributed by atoms with van der Waals surface area (Å²) in [7, 11) is 0. The van der Waals surface area contributed by atoms with Crippen LogP contribution in [0.15, 0.2) is 48.5 Å². The van der Waals surface area contributed by atoms with Gasteiger partial charge in [0.15, 0.2) is 0 Å². The molecule has 0 spiro atoms. The Labute approximate surface area is 130 Å². The number of nitrogens with zero attached hydrogens (tertiary/aromatic N) is 1. The van der Waals surface area contributed by atoms with Crippen LogP contribution in [0.2, 0.25) is 5.02 Å². The summed E-state index contributed by atoms with van der Waals surface area (Å²) in [5, 5.41) is 4.21. The normalized spacial score (nSPS) is 18.8. The third-order valence-corrected chi connectivity index (χ3v) is 4.19. The Morgan fingerprint density at radius 3 is 2.76 bits per heavy atom. The number of nitrogens with two attached hydrogens (primary N) is 1. The molecule has 0 saturated carbocycles. The molecule has 1 unspecified atom stereocenters. The Morgan fingerprint density at radius 2 is 2.00 bits per heavy atom. The minimum absolute atomic E-state index is 0.440. The van der Waals surface area contributed by atoms with Gasteiger partial charge in [0.05, 0.1) is 10.7 Å². The van der Waals surface area contributed by atoms with Gasteiger partial charge < -0.3 is 11.1 Å². The lowest BCUT2D eigenvalue weighted by atomic mass is 10.2. The molecule has 1 saturated heterocycles. The van der Waals surface area contributed by atoms with Crippen molar-refractivity contribution in [2.24, 2.45) is 0 Å². The van der Waals surface area contributed by atoms with E-state index in [-0.39, 0.29) is 0 Å². The number of halogens is 1. The van der Waals surface area contributed by atoms with E-state index in [4.69, 9.17) is 17.3 Å². The highest BCUT2D eigenvalue weighted by molar-refractivity contribution is 6.33. The van der Waals surface area contributed by atoms with E-state index in [1.54, 1.807) is 6.07 Å². The highest BCUT2D eigenvalue weighted by atomic mass is 35.5. The van der Waals surface area contributed by atoms with Crippen LogP contribution in [0, 0.1) is 0 Å². The summed E-state index contributed by atoms with van der Waals surface area (Å²) in [5.74, 6) is 0. The van der Waals surface area contributed by atoms with Gasteiger partial charge in [0, 0.05) is 31.4 Å². The molecule has 2 aromatic carbocycles. The van der Waals surface area contributed by atoms with Gasteiger partial charge >= 0.3 is 0 Å². The summed E-state index contributed by atoms with van der Waals surface area (Å²) in [5.41, 5.74) is 8.75. The lowest BCUT2D eigenvalue weighted by Crippen LogP contribution is -2.26. The number of hydrogen-bond donors (Lipinski definition) is 2. The SMILES string of the molecule is Nc1ccc(NC2CCN(Cc3ccccc3)C2)c(Cl)c1. The Morgan fingerprint density at radius 1 is 1.19 bits per heavy atom. The molecule has 0 bridgehead atoms. The molecule has 3 rings (SSSR count). The average Bonchev–Trinajstić information content (AvgIpc) is 2.90. The van der Waals surface area contributed by atoms with Gasteiger partial charge in [-0.3, -0.25) is 4.90 Å². The van der Waals surface area contributed by atoms with Crippen LogP contribution >= 0.6 is 11.6 Å². The molecule has 0 aliphatic carbocycles. The summed E-state index contributed by atoms with van der Waals surface area (Å²) >= 11 is 6.22. The second-order valence-corrected chi connectivity index (χ2v) is 6.00. The first-order chi connectivity index (χ1) is 10.2. The number of nitrogen functional groups attached to an aromatic ring is 1. The van der Waals surface area contributed by atoms with Crippen LogP contribution in [-0.2, 0) is 6.54 Å². The molecular formula is C17H20ClN3. The van der Waals surface area contributed by atoms with Gasteiger partial charge in [0.1, 0.15) is 0 Å². The van der Waals surface area contributed by atoms with Crippen molar-refractivity contribution in [1.82, 2.24) is 4.90 Å². The molecule has 0 amide bonds. The summed E-state index contributed by atoms with van der Waals surface area (Å²) in [6.45, 7) is 3.16. The molecule has 0 aromatic heterocycles. The number of rotatable bonds is 4. The fourth-order valence-electron chi connectivity index (χ4n) is 2.80. The molecule has 1 aliphatic rings. The topological polar surface area (TPSA) is 41.3 Å². The van der Waals surface area contributed by atoms with Gasteiger partial charge in [0.25, 0.3) is 0 Å². The third kappa shape index (κ3) is 3.69. The van der Waals surface area contributed by atoms with Gasteiger partial charge in [0.2, 0.25) is 0 Å². The number of hydrogen-bond acceptors (Lipinski definition) is 3. The molecular weight excluding hydrogens is 282 g/mol. The summed E-state index contributed by atoms with van der Waals surface area (Å²) in [6.07, 6.45) is 1.13. The fraction of sp³-hybridized carbons (Fsp3) is 0.294. The molecule has 4 heteroatoms. The first-order valence-electron chi connectivity index (χ1n) is 7.28. The quantitative estimate of drug-likeness (QED) is 0.848. The maximum atomic E-state index is 6.22. The smallest absolute Gasteiger partial charge is 0.0658 e. The van der Waals surface area contributed by atoms with Gasteiger partial charge in [-0.1, -0.05) is 41.9 Å². The molecule has 3 nitrogen and oxygen atoms in total. The van der Waals surface area contributed by atoms with Crippen LogP contribution in [0.1, 0.15) is 12.0 Å². The predicted molar refractivity (Wildman–Crippen MR) is 89.6 cm³/mol. The van der Waals surface area contributed by atoms with E-state index in [2.05, 4.69) is 40.5 Å². The van der Waals surface area contributed by atoms with Gasteiger partial charge in [-0.05, 0) is 30.2 Å². The van der Waals surface area contributed by atoms with Crippen molar-refractivity contribution >= 4 is 23.0 Å². The minimum Gasteiger partial charge on any atom is -0.399 e. The molecule has 21 heavy (non-hydrogen) atoms. The van der Waals surface area contributed by atoms with Crippen LogP contribution < -0.4 is 11.1 Å². The summed E-state index contributed by atoms with van der Waals surface area (Å²) in [6, 6.07) is 16.7. The Balaban J connectivity index is 1.57. The molecule has 2 aromatic rings. The van der Waals surface area contributed by atoms with Crippen molar-refractivity contribution in [1.29, 1.82) is 0 Å². The van der Waals surface area contributed by atoms with E-state index in [1.807, 2.05) is 12.1 Å².